The quantitative estimate of drug-likeness (QED) is 0.283. The predicted octanol–water partition coefficient (Wildman–Crippen LogP) is 3.77. The van der Waals surface area contributed by atoms with Gasteiger partial charge in [0, 0.05) is 38.6 Å². The Morgan fingerprint density at radius 1 is 0.955 bits per heavy atom. The zero-order valence-corrected chi connectivity index (χ0v) is 26.5. The summed E-state index contributed by atoms with van der Waals surface area (Å²) in [6, 6.07) is 8.13. The fourth-order valence-corrected chi connectivity index (χ4v) is 5.38. The maximum absolute atomic E-state index is 13.0. The van der Waals surface area contributed by atoms with Crippen LogP contribution in [0, 0.1) is 5.92 Å². The number of hydrogen-bond acceptors (Lipinski definition) is 8. The van der Waals surface area contributed by atoms with Crippen LogP contribution in [0.2, 0.25) is 0 Å². The monoisotopic (exact) mass is 616 g/mol. The molecule has 1 aromatic carbocycles. The lowest BCUT2D eigenvalue weighted by atomic mass is 9.92. The first-order valence-corrected chi connectivity index (χ1v) is 15.6. The molecule has 0 aromatic heterocycles. The third-order valence-corrected chi connectivity index (χ3v) is 7.64. The number of carbonyl (C=O) groups excluding carboxylic acids is 5. The van der Waals surface area contributed by atoms with Gasteiger partial charge in [-0.25, -0.2) is 14.4 Å². The molecular weight excluding hydrogens is 568 g/mol. The van der Waals surface area contributed by atoms with Crippen LogP contribution in [0.3, 0.4) is 0 Å². The summed E-state index contributed by atoms with van der Waals surface area (Å²) in [6.07, 6.45) is 2.84. The van der Waals surface area contributed by atoms with Crippen molar-refractivity contribution in [3.63, 3.8) is 0 Å². The van der Waals surface area contributed by atoms with Gasteiger partial charge in [-0.2, -0.15) is 0 Å². The van der Waals surface area contributed by atoms with Crippen molar-refractivity contribution >= 4 is 30.0 Å². The van der Waals surface area contributed by atoms with Gasteiger partial charge in [0.2, 0.25) is 11.8 Å². The Bertz CT molecular complexity index is 1120. The number of carbonyl (C=O) groups is 5. The average molecular weight is 617 g/mol. The van der Waals surface area contributed by atoms with E-state index in [0.717, 1.165) is 31.2 Å². The number of esters is 1. The van der Waals surface area contributed by atoms with E-state index in [9.17, 15) is 24.0 Å². The summed E-state index contributed by atoms with van der Waals surface area (Å²) < 4.78 is 15.7. The van der Waals surface area contributed by atoms with E-state index in [1.165, 1.54) is 0 Å². The molecule has 44 heavy (non-hydrogen) atoms. The predicted molar refractivity (Wildman–Crippen MR) is 162 cm³/mol. The molecule has 0 saturated carbocycles. The molecular formula is C32H48N4O8. The van der Waals surface area contributed by atoms with Gasteiger partial charge in [-0.3, -0.25) is 9.59 Å². The zero-order valence-electron chi connectivity index (χ0n) is 26.5. The van der Waals surface area contributed by atoms with Crippen LogP contribution in [-0.4, -0.2) is 90.2 Å². The minimum atomic E-state index is -1.19. The highest BCUT2D eigenvalue weighted by Gasteiger charge is 2.31. The molecule has 0 radical (unpaired) electrons. The van der Waals surface area contributed by atoms with Gasteiger partial charge in [-0.05, 0) is 71.3 Å². The van der Waals surface area contributed by atoms with Crippen molar-refractivity contribution in [3.8, 4) is 0 Å². The largest absolute Gasteiger partial charge is 0.464 e. The molecule has 244 valence electrons. The summed E-state index contributed by atoms with van der Waals surface area (Å²) in [5.41, 5.74) is 0.183. The Morgan fingerprint density at radius 2 is 1.66 bits per heavy atom. The standard InChI is InChI=1S/C32H48N4O8/c1-5-42-29(39)26(34-30(40)44-32(2,3)4)20-27(37)33-25-12-9-17-36(21-25)28(38)14-13-23-15-18-35(19-16-23)31(41)43-22-24-10-7-6-8-11-24/h6-8,10-11,23,25-26H,5,9,12-22H2,1-4H3,(H,33,37)(H,34,40)/t25?,26-/m0/s1. The van der Waals surface area contributed by atoms with Crippen molar-refractivity contribution in [3.05, 3.63) is 35.9 Å². The molecule has 3 rings (SSSR count). The summed E-state index contributed by atoms with van der Waals surface area (Å²) in [5, 5.41) is 5.35. The third-order valence-electron chi connectivity index (χ3n) is 7.64. The van der Waals surface area contributed by atoms with Gasteiger partial charge >= 0.3 is 18.2 Å². The van der Waals surface area contributed by atoms with Crippen LogP contribution in [0.25, 0.3) is 0 Å². The van der Waals surface area contributed by atoms with Crippen LogP contribution in [0.1, 0.15) is 78.2 Å². The molecule has 2 aliphatic rings. The fraction of sp³-hybridized carbons (Fsp3) is 0.656. The van der Waals surface area contributed by atoms with Crippen molar-refractivity contribution < 1.29 is 38.2 Å². The zero-order chi connectivity index (χ0) is 32.1. The van der Waals surface area contributed by atoms with Crippen molar-refractivity contribution in [1.29, 1.82) is 0 Å². The van der Waals surface area contributed by atoms with E-state index in [0.29, 0.717) is 44.9 Å². The number of ether oxygens (including phenoxy) is 3. The smallest absolute Gasteiger partial charge is 0.410 e. The Hall–Kier alpha value is -3.83. The Morgan fingerprint density at radius 3 is 2.32 bits per heavy atom. The molecule has 4 amide bonds. The highest BCUT2D eigenvalue weighted by molar-refractivity contribution is 5.88. The molecule has 1 aromatic rings. The van der Waals surface area contributed by atoms with E-state index in [4.69, 9.17) is 14.2 Å². The number of benzene rings is 1. The number of rotatable bonds is 11. The van der Waals surface area contributed by atoms with Crippen LogP contribution >= 0.6 is 0 Å². The number of likely N-dealkylation sites (tertiary alicyclic amines) is 2. The molecule has 2 atom stereocenters. The summed E-state index contributed by atoms with van der Waals surface area (Å²) >= 11 is 0. The van der Waals surface area contributed by atoms with E-state index in [-0.39, 0.29) is 37.7 Å². The minimum absolute atomic E-state index is 0.0460. The van der Waals surface area contributed by atoms with Crippen LogP contribution in [0.15, 0.2) is 30.3 Å². The highest BCUT2D eigenvalue weighted by atomic mass is 16.6. The topological polar surface area (TPSA) is 144 Å². The van der Waals surface area contributed by atoms with Crippen molar-refractivity contribution in [2.45, 2.75) is 96.9 Å². The lowest BCUT2D eigenvalue weighted by Crippen LogP contribution is -2.52. The first-order chi connectivity index (χ1) is 20.9. The highest BCUT2D eigenvalue weighted by Crippen LogP contribution is 2.24. The van der Waals surface area contributed by atoms with E-state index >= 15 is 0 Å². The molecule has 0 aliphatic carbocycles. The molecule has 2 fully saturated rings. The number of nitrogens with zero attached hydrogens (tertiary/aromatic N) is 2. The SMILES string of the molecule is CCOC(=O)[C@H](CC(=O)NC1CCCN(C(=O)CCC2CCN(C(=O)OCc3ccccc3)CC2)C1)NC(=O)OC(C)(C)C. The molecule has 1 unspecified atom stereocenters. The average Bonchev–Trinajstić information content (AvgIpc) is 2.98. The van der Waals surface area contributed by atoms with Gasteiger partial charge in [0.05, 0.1) is 13.0 Å². The van der Waals surface area contributed by atoms with Crippen LogP contribution in [0.4, 0.5) is 9.59 Å². The molecule has 0 spiro atoms. The molecule has 2 aliphatic heterocycles. The first-order valence-electron chi connectivity index (χ1n) is 15.6. The van der Waals surface area contributed by atoms with E-state index < -0.39 is 29.6 Å². The summed E-state index contributed by atoms with van der Waals surface area (Å²) in [5.74, 6) is -0.740. The maximum Gasteiger partial charge on any atom is 0.410 e. The molecule has 12 nitrogen and oxygen atoms in total. The summed E-state index contributed by atoms with van der Waals surface area (Å²) in [6.45, 7) is 9.33. The van der Waals surface area contributed by atoms with Crippen LogP contribution in [0.5, 0.6) is 0 Å². The third kappa shape index (κ3) is 12.0. The summed E-state index contributed by atoms with van der Waals surface area (Å²) in [7, 11) is 0. The normalized spacial score (nSPS) is 18.1. The van der Waals surface area contributed by atoms with E-state index in [2.05, 4.69) is 10.6 Å². The van der Waals surface area contributed by atoms with Crippen molar-refractivity contribution in [2.24, 2.45) is 5.92 Å². The lowest BCUT2D eigenvalue weighted by Gasteiger charge is -2.34. The minimum Gasteiger partial charge on any atom is -0.464 e. The van der Waals surface area contributed by atoms with Gasteiger partial charge in [-0.1, -0.05) is 30.3 Å². The van der Waals surface area contributed by atoms with Gasteiger partial charge in [0.15, 0.2) is 0 Å². The van der Waals surface area contributed by atoms with Crippen molar-refractivity contribution in [1.82, 2.24) is 20.4 Å². The Kier molecular flexibility index (Phi) is 13.3. The van der Waals surface area contributed by atoms with Crippen molar-refractivity contribution in [2.75, 3.05) is 32.8 Å². The summed E-state index contributed by atoms with van der Waals surface area (Å²) in [4.78, 5) is 66.5. The number of nitrogens with one attached hydrogen (secondary N) is 2. The van der Waals surface area contributed by atoms with E-state index in [1.54, 1.807) is 37.5 Å². The Balaban J connectivity index is 1.39. The van der Waals surface area contributed by atoms with Crippen LogP contribution < -0.4 is 10.6 Å². The Labute approximate surface area is 260 Å². The second-order valence-corrected chi connectivity index (χ2v) is 12.4. The van der Waals surface area contributed by atoms with Gasteiger partial charge in [0.1, 0.15) is 18.2 Å². The molecule has 2 saturated heterocycles. The first kappa shape index (κ1) is 34.7. The second kappa shape index (κ2) is 16.9. The van der Waals surface area contributed by atoms with Gasteiger partial charge in [0.25, 0.3) is 0 Å². The molecule has 2 heterocycles. The molecule has 0 bridgehead atoms. The number of amides is 4. The lowest BCUT2D eigenvalue weighted by molar-refractivity contribution is -0.147. The number of piperidine rings is 2. The molecule has 2 N–H and O–H groups in total. The molecule has 12 heteroatoms. The van der Waals surface area contributed by atoms with Crippen LogP contribution in [-0.2, 0) is 35.2 Å². The fourth-order valence-electron chi connectivity index (χ4n) is 5.38. The number of hydrogen-bond donors (Lipinski definition) is 2. The second-order valence-electron chi connectivity index (χ2n) is 12.4. The maximum atomic E-state index is 13.0. The van der Waals surface area contributed by atoms with Gasteiger partial charge < -0.3 is 34.6 Å². The number of alkyl carbamates (subject to hydrolysis) is 1. The van der Waals surface area contributed by atoms with E-state index in [1.807, 2.05) is 30.3 Å². The van der Waals surface area contributed by atoms with Gasteiger partial charge in [-0.15, -0.1) is 0 Å².